The van der Waals surface area contributed by atoms with Gasteiger partial charge in [0.1, 0.15) is 0 Å². The highest BCUT2D eigenvalue weighted by Crippen LogP contribution is 2.29. The summed E-state index contributed by atoms with van der Waals surface area (Å²) in [7, 11) is 0. The van der Waals surface area contributed by atoms with Gasteiger partial charge in [-0.05, 0) is 51.9 Å². The van der Waals surface area contributed by atoms with E-state index in [1.54, 1.807) is 0 Å². The highest BCUT2D eigenvalue weighted by molar-refractivity contribution is 5.91. The highest BCUT2D eigenvalue weighted by Gasteiger charge is 2.17. The van der Waals surface area contributed by atoms with Crippen LogP contribution in [-0.2, 0) is 6.54 Å². The monoisotopic (exact) mass is 285 g/mol. The molecule has 1 saturated heterocycles. The summed E-state index contributed by atoms with van der Waals surface area (Å²) in [5, 5.41) is 1.27. The zero-order chi connectivity index (χ0) is 14.8. The van der Waals surface area contributed by atoms with Crippen molar-refractivity contribution < 1.29 is 0 Å². The number of fused-ring (bicyclic) bond motifs is 1. The molecule has 1 aromatic carbocycles. The van der Waals surface area contributed by atoms with Gasteiger partial charge in [0, 0.05) is 23.7 Å². The molecule has 1 aliphatic rings. The topological polar surface area (TPSA) is 34.2 Å². The van der Waals surface area contributed by atoms with Crippen molar-refractivity contribution in [1.82, 2.24) is 9.47 Å². The van der Waals surface area contributed by atoms with Gasteiger partial charge in [0.25, 0.3) is 0 Å². The van der Waals surface area contributed by atoms with Crippen LogP contribution in [0.2, 0.25) is 0 Å². The summed E-state index contributed by atoms with van der Waals surface area (Å²) in [6, 6.07) is 9.01. The summed E-state index contributed by atoms with van der Waals surface area (Å²) in [6.45, 7) is 8.01. The SMILES string of the molecule is CC(C)n1c(CN2CCCCCC2)cc2cccc(N)c21. The molecule has 0 unspecified atom stereocenters. The number of nitrogen functional groups attached to an aromatic ring is 1. The van der Waals surface area contributed by atoms with Crippen molar-refractivity contribution in [2.75, 3.05) is 18.8 Å². The van der Waals surface area contributed by atoms with Crippen molar-refractivity contribution in [1.29, 1.82) is 0 Å². The molecule has 0 spiro atoms. The van der Waals surface area contributed by atoms with Gasteiger partial charge in [0.15, 0.2) is 0 Å². The van der Waals surface area contributed by atoms with Gasteiger partial charge < -0.3 is 10.3 Å². The number of rotatable bonds is 3. The second-order valence-corrected chi connectivity index (χ2v) is 6.57. The van der Waals surface area contributed by atoms with Crippen LogP contribution in [0.3, 0.4) is 0 Å². The van der Waals surface area contributed by atoms with E-state index in [0.29, 0.717) is 6.04 Å². The van der Waals surface area contributed by atoms with Crippen molar-refractivity contribution in [2.24, 2.45) is 0 Å². The zero-order valence-corrected chi connectivity index (χ0v) is 13.3. The fourth-order valence-electron chi connectivity index (χ4n) is 3.60. The number of benzene rings is 1. The molecule has 0 atom stereocenters. The third-order valence-electron chi connectivity index (χ3n) is 4.57. The fraction of sp³-hybridized carbons (Fsp3) is 0.556. The first-order valence-electron chi connectivity index (χ1n) is 8.27. The lowest BCUT2D eigenvalue weighted by Crippen LogP contribution is -2.25. The molecule has 2 heterocycles. The first kappa shape index (κ1) is 14.5. The standard InChI is InChI=1S/C18H27N3/c1-14(2)21-16(13-20-10-5-3-4-6-11-20)12-15-8-7-9-17(19)18(15)21/h7-9,12,14H,3-6,10-11,13,19H2,1-2H3. The largest absolute Gasteiger partial charge is 0.397 e. The van der Waals surface area contributed by atoms with Crippen molar-refractivity contribution in [3.05, 3.63) is 30.0 Å². The second-order valence-electron chi connectivity index (χ2n) is 6.57. The van der Waals surface area contributed by atoms with Crippen molar-refractivity contribution in [3.8, 4) is 0 Å². The number of nitrogens with zero attached hydrogens (tertiary/aromatic N) is 2. The van der Waals surface area contributed by atoms with Gasteiger partial charge in [-0.1, -0.05) is 25.0 Å². The van der Waals surface area contributed by atoms with Crippen LogP contribution in [0.4, 0.5) is 5.69 Å². The van der Waals surface area contributed by atoms with E-state index >= 15 is 0 Å². The molecular formula is C18H27N3. The van der Waals surface area contributed by atoms with Crippen molar-refractivity contribution in [3.63, 3.8) is 0 Å². The lowest BCUT2D eigenvalue weighted by atomic mass is 10.2. The zero-order valence-electron chi connectivity index (χ0n) is 13.3. The molecular weight excluding hydrogens is 258 g/mol. The maximum absolute atomic E-state index is 6.23. The van der Waals surface area contributed by atoms with Crippen LogP contribution in [0, 0.1) is 0 Å². The van der Waals surface area contributed by atoms with Crippen LogP contribution in [-0.4, -0.2) is 22.6 Å². The molecule has 0 saturated carbocycles. The lowest BCUT2D eigenvalue weighted by molar-refractivity contribution is 0.268. The van der Waals surface area contributed by atoms with Crippen LogP contribution < -0.4 is 5.73 Å². The number of hydrogen-bond donors (Lipinski definition) is 1. The molecule has 3 rings (SSSR count). The first-order valence-corrected chi connectivity index (χ1v) is 8.27. The number of likely N-dealkylation sites (tertiary alicyclic amines) is 1. The summed E-state index contributed by atoms with van der Waals surface area (Å²) in [6.07, 6.45) is 5.45. The third kappa shape index (κ3) is 2.93. The average molecular weight is 285 g/mol. The molecule has 1 fully saturated rings. The van der Waals surface area contributed by atoms with E-state index in [4.69, 9.17) is 5.73 Å². The van der Waals surface area contributed by atoms with E-state index in [1.807, 2.05) is 6.07 Å². The van der Waals surface area contributed by atoms with Gasteiger partial charge in [-0.3, -0.25) is 4.90 Å². The Balaban J connectivity index is 1.97. The Morgan fingerprint density at radius 1 is 1.10 bits per heavy atom. The Morgan fingerprint density at radius 2 is 1.81 bits per heavy atom. The normalized spacial score (nSPS) is 17.5. The van der Waals surface area contributed by atoms with E-state index in [0.717, 1.165) is 12.2 Å². The molecule has 3 nitrogen and oxygen atoms in total. The summed E-state index contributed by atoms with van der Waals surface area (Å²) in [5.74, 6) is 0. The van der Waals surface area contributed by atoms with Crippen molar-refractivity contribution >= 4 is 16.6 Å². The third-order valence-corrected chi connectivity index (χ3v) is 4.57. The molecule has 2 aromatic rings. The Hall–Kier alpha value is -1.48. The summed E-state index contributed by atoms with van der Waals surface area (Å²) >= 11 is 0. The maximum Gasteiger partial charge on any atom is 0.0718 e. The highest BCUT2D eigenvalue weighted by atomic mass is 15.2. The van der Waals surface area contributed by atoms with Crippen LogP contribution in [0.5, 0.6) is 0 Å². The second kappa shape index (κ2) is 6.10. The Kier molecular flexibility index (Phi) is 4.20. The average Bonchev–Trinajstić information content (AvgIpc) is 2.63. The molecule has 2 N–H and O–H groups in total. The molecule has 0 aliphatic carbocycles. The van der Waals surface area contributed by atoms with Crippen LogP contribution in [0.15, 0.2) is 24.3 Å². The van der Waals surface area contributed by atoms with Gasteiger partial charge in [0.2, 0.25) is 0 Å². The van der Waals surface area contributed by atoms with Gasteiger partial charge in [-0.2, -0.15) is 0 Å². The number of anilines is 1. The smallest absolute Gasteiger partial charge is 0.0718 e. The molecule has 21 heavy (non-hydrogen) atoms. The molecule has 0 radical (unpaired) electrons. The van der Waals surface area contributed by atoms with Gasteiger partial charge >= 0.3 is 0 Å². The fourth-order valence-corrected chi connectivity index (χ4v) is 3.60. The van der Waals surface area contributed by atoms with Crippen molar-refractivity contribution in [2.45, 2.75) is 52.1 Å². The minimum atomic E-state index is 0.439. The van der Waals surface area contributed by atoms with E-state index < -0.39 is 0 Å². The predicted molar refractivity (Wildman–Crippen MR) is 90.5 cm³/mol. The summed E-state index contributed by atoms with van der Waals surface area (Å²) in [4.78, 5) is 2.61. The van der Waals surface area contributed by atoms with E-state index in [2.05, 4.69) is 41.5 Å². The summed E-state index contributed by atoms with van der Waals surface area (Å²) < 4.78 is 2.43. The van der Waals surface area contributed by atoms with Gasteiger partial charge in [-0.15, -0.1) is 0 Å². The molecule has 1 aliphatic heterocycles. The molecule has 114 valence electrons. The lowest BCUT2D eigenvalue weighted by Gasteiger charge is -2.23. The minimum absolute atomic E-state index is 0.439. The van der Waals surface area contributed by atoms with Crippen LogP contribution in [0.1, 0.15) is 51.3 Å². The first-order chi connectivity index (χ1) is 10.2. The Labute approximate surface area is 127 Å². The molecule has 3 heteroatoms. The Bertz CT molecular complexity index is 604. The molecule has 1 aromatic heterocycles. The van der Waals surface area contributed by atoms with Gasteiger partial charge in [-0.25, -0.2) is 0 Å². The van der Waals surface area contributed by atoms with E-state index in [1.165, 1.54) is 55.4 Å². The maximum atomic E-state index is 6.23. The number of para-hydroxylation sites is 1. The van der Waals surface area contributed by atoms with E-state index in [9.17, 15) is 0 Å². The molecule has 0 amide bonds. The number of hydrogen-bond acceptors (Lipinski definition) is 2. The predicted octanol–water partition coefficient (Wildman–Crippen LogP) is 4.18. The minimum Gasteiger partial charge on any atom is -0.397 e. The quantitative estimate of drug-likeness (QED) is 0.858. The number of nitrogens with two attached hydrogens (primary N) is 1. The molecule has 0 bridgehead atoms. The number of aromatic nitrogens is 1. The van der Waals surface area contributed by atoms with Crippen LogP contribution in [0.25, 0.3) is 10.9 Å². The van der Waals surface area contributed by atoms with E-state index in [-0.39, 0.29) is 0 Å². The Morgan fingerprint density at radius 3 is 2.48 bits per heavy atom. The summed E-state index contributed by atoms with van der Waals surface area (Å²) in [5.41, 5.74) is 9.73. The van der Waals surface area contributed by atoms with Gasteiger partial charge in [0.05, 0.1) is 11.2 Å². The van der Waals surface area contributed by atoms with Crippen LogP contribution >= 0.6 is 0 Å².